The summed E-state index contributed by atoms with van der Waals surface area (Å²) in [7, 11) is 1.69. The van der Waals surface area contributed by atoms with Crippen LogP contribution in [0.5, 0.6) is 0 Å². The van der Waals surface area contributed by atoms with Crippen molar-refractivity contribution in [2.24, 2.45) is 17.9 Å². The van der Waals surface area contributed by atoms with Gasteiger partial charge in [-0.1, -0.05) is 6.42 Å². The summed E-state index contributed by atoms with van der Waals surface area (Å²) in [6.07, 6.45) is 5.76. The molecule has 1 amide bonds. The van der Waals surface area contributed by atoms with Gasteiger partial charge >= 0.3 is 5.97 Å². The van der Waals surface area contributed by atoms with Crippen LogP contribution in [-0.4, -0.2) is 32.0 Å². The summed E-state index contributed by atoms with van der Waals surface area (Å²) < 4.78 is 0. The minimum Gasteiger partial charge on any atom is -0.480 e. The Kier molecular flexibility index (Phi) is 2.81. The molecule has 2 N–H and O–H groups in total. The first-order chi connectivity index (χ1) is 9.46. The van der Waals surface area contributed by atoms with E-state index in [1.807, 2.05) is 0 Å². The van der Waals surface area contributed by atoms with E-state index in [1.165, 1.54) is 4.80 Å². The van der Waals surface area contributed by atoms with Crippen LogP contribution < -0.4 is 5.32 Å². The van der Waals surface area contributed by atoms with Gasteiger partial charge in [-0.25, -0.2) is 0 Å². The van der Waals surface area contributed by atoms with Crippen molar-refractivity contribution in [2.45, 2.75) is 38.6 Å². The molecule has 20 heavy (non-hydrogen) atoms. The number of carboxylic acid groups (broad SMARTS) is 1. The Hall–Kier alpha value is -1.92. The van der Waals surface area contributed by atoms with E-state index < -0.39 is 17.3 Å². The largest absolute Gasteiger partial charge is 0.480 e. The lowest BCUT2D eigenvalue weighted by atomic mass is 9.45. The zero-order chi connectivity index (χ0) is 14.4. The second-order valence-electron chi connectivity index (χ2n) is 6.10. The zero-order valence-electron chi connectivity index (χ0n) is 11.4. The van der Waals surface area contributed by atoms with Gasteiger partial charge in [-0.2, -0.15) is 15.0 Å². The van der Waals surface area contributed by atoms with Crippen LogP contribution in [0.25, 0.3) is 0 Å². The molecular weight excluding hydrogens is 260 g/mol. The lowest BCUT2D eigenvalue weighted by Gasteiger charge is -2.58. The van der Waals surface area contributed by atoms with Gasteiger partial charge in [-0.3, -0.25) is 9.59 Å². The van der Waals surface area contributed by atoms with Crippen molar-refractivity contribution < 1.29 is 14.7 Å². The fourth-order valence-electron chi connectivity index (χ4n) is 3.48. The van der Waals surface area contributed by atoms with Gasteiger partial charge in [-0.15, -0.1) is 0 Å². The van der Waals surface area contributed by atoms with Gasteiger partial charge in [0.15, 0.2) is 0 Å². The van der Waals surface area contributed by atoms with Crippen molar-refractivity contribution in [2.75, 3.05) is 0 Å². The molecule has 0 radical (unpaired) electrons. The number of nitrogens with one attached hydrogen (secondary N) is 1. The molecule has 7 nitrogen and oxygen atoms in total. The Morgan fingerprint density at radius 3 is 2.60 bits per heavy atom. The molecule has 0 aromatic carbocycles. The van der Waals surface area contributed by atoms with Gasteiger partial charge in [0.2, 0.25) is 5.91 Å². The summed E-state index contributed by atoms with van der Waals surface area (Å²) in [5.41, 5.74) is -0.482. The first-order valence-corrected chi connectivity index (χ1v) is 6.83. The number of carbonyl (C=O) groups excluding carboxylic acids is 1. The molecule has 1 heterocycles. The first-order valence-electron chi connectivity index (χ1n) is 6.83. The normalized spacial score (nSPS) is 21.9. The second-order valence-corrected chi connectivity index (χ2v) is 6.10. The number of nitrogens with zero attached hydrogens (tertiary/aromatic N) is 3. The van der Waals surface area contributed by atoms with E-state index in [0.717, 1.165) is 19.3 Å². The Labute approximate surface area is 116 Å². The maximum Gasteiger partial charge on any atom is 0.319 e. The van der Waals surface area contributed by atoms with Crippen molar-refractivity contribution in [1.29, 1.82) is 0 Å². The molecular formula is C13H18N4O3. The number of carbonyl (C=O) groups is 2. The molecule has 2 saturated carbocycles. The highest BCUT2D eigenvalue weighted by Gasteiger charge is 2.64. The summed E-state index contributed by atoms with van der Waals surface area (Å²) in [4.78, 5) is 25.1. The molecule has 0 aliphatic heterocycles. The lowest BCUT2D eigenvalue weighted by molar-refractivity contribution is -0.181. The van der Waals surface area contributed by atoms with Crippen LogP contribution in [-0.2, 0) is 23.2 Å². The van der Waals surface area contributed by atoms with Crippen LogP contribution in [0, 0.1) is 10.8 Å². The average molecular weight is 278 g/mol. The molecule has 2 aliphatic carbocycles. The molecule has 2 aliphatic rings. The van der Waals surface area contributed by atoms with Crippen LogP contribution in [0.4, 0.5) is 0 Å². The van der Waals surface area contributed by atoms with Gasteiger partial charge in [0, 0.05) is 7.05 Å². The third kappa shape index (κ3) is 1.88. The molecule has 0 unspecified atom stereocenters. The standard InChI is InChI=1S/C13H18N4O3/c1-17-15-6-9(16-17)5-14-10(18)13(11(19)20)7-12(8-13)3-2-4-12/h6H,2-5,7-8H2,1H3,(H,14,18)(H,19,20). The summed E-state index contributed by atoms with van der Waals surface area (Å²) >= 11 is 0. The summed E-state index contributed by atoms with van der Waals surface area (Å²) in [6, 6.07) is 0. The minimum absolute atomic E-state index is 0.127. The van der Waals surface area contributed by atoms with E-state index in [4.69, 9.17) is 0 Å². The highest BCUT2D eigenvalue weighted by Crippen LogP contribution is 2.64. The Morgan fingerprint density at radius 1 is 1.45 bits per heavy atom. The quantitative estimate of drug-likeness (QED) is 0.780. The van der Waals surface area contributed by atoms with Gasteiger partial charge in [-0.05, 0) is 31.1 Å². The molecule has 1 aromatic heterocycles. The van der Waals surface area contributed by atoms with E-state index >= 15 is 0 Å². The van der Waals surface area contributed by atoms with E-state index in [-0.39, 0.29) is 12.0 Å². The van der Waals surface area contributed by atoms with Crippen molar-refractivity contribution in [1.82, 2.24) is 20.3 Å². The molecule has 3 rings (SSSR count). The predicted octanol–water partition coefficient (Wildman–Crippen LogP) is 0.466. The number of amides is 1. The van der Waals surface area contributed by atoms with Gasteiger partial charge < -0.3 is 10.4 Å². The van der Waals surface area contributed by atoms with Gasteiger partial charge in [0.05, 0.1) is 12.7 Å². The zero-order valence-corrected chi connectivity index (χ0v) is 11.4. The van der Waals surface area contributed by atoms with Crippen LogP contribution >= 0.6 is 0 Å². The van der Waals surface area contributed by atoms with E-state index in [9.17, 15) is 14.7 Å². The van der Waals surface area contributed by atoms with E-state index in [1.54, 1.807) is 13.2 Å². The Balaban J connectivity index is 1.63. The Bertz CT molecular complexity index is 554. The summed E-state index contributed by atoms with van der Waals surface area (Å²) in [5, 5.41) is 20.1. The smallest absolute Gasteiger partial charge is 0.319 e. The molecule has 2 fully saturated rings. The van der Waals surface area contributed by atoms with Gasteiger partial charge in [0.1, 0.15) is 11.1 Å². The summed E-state index contributed by atoms with van der Waals surface area (Å²) in [6.45, 7) is 0.217. The number of hydrogen-bond acceptors (Lipinski definition) is 4. The molecule has 108 valence electrons. The minimum atomic E-state index is -1.23. The van der Waals surface area contributed by atoms with E-state index in [2.05, 4.69) is 15.5 Å². The van der Waals surface area contributed by atoms with Crippen molar-refractivity contribution >= 4 is 11.9 Å². The van der Waals surface area contributed by atoms with Crippen LogP contribution in [0.2, 0.25) is 0 Å². The van der Waals surface area contributed by atoms with Crippen LogP contribution in [0.1, 0.15) is 37.8 Å². The average Bonchev–Trinajstić information content (AvgIpc) is 2.69. The molecule has 0 bridgehead atoms. The molecule has 1 aromatic rings. The number of rotatable bonds is 4. The van der Waals surface area contributed by atoms with Crippen molar-refractivity contribution in [3.05, 3.63) is 11.9 Å². The highest BCUT2D eigenvalue weighted by atomic mass is 16.4. The topological polar surface area (TPSA) is 97.1 Å². The number of aliphatic carboxylic acids is 1. The molecule has 0 atom stereocenters. The number of aromatic nitrogens is 3. The van der Waals surface area contributed by atoms with Gasteiger partial charge in [0.25, 0.3) is 0 Å². The van der Waals surface area contributed by atoms with Crippen LogP contribution in [0.15, 0.2) is 6.20 Å². The molecule has 7 heteroatoms. The second kappa shape index (κ2) is 4.29. The fourth-order valence-corrected chi connectivity index (χ4v) is 3.48. The number of aryl methyl sites for hydroxylation is 1. The predicted molar refractivity (Wildman–Crippen MR) is 68.4 cm³/mol. The highest BCUT2D eigenvalue weighted by molar-refractivity contribution is 6.03. The third-order valence-corrected chi connectivity index (χ3v) is 4.69. The molecule has 0 saturated heterocycles. The van der Waals surface area contributed by atoms with E-state index in [0.29, 0.717) is 18.5 Å². The number of carboxylic acids is 1. The SMILES string of the molecule is Cn1ncc(CNC(=O)C2(C(=O)O)CC3(CCC3)C2)n1. The maximum atomic E-state index is 12.2. The monoisotopic (exact) mass is 278 g/mol. The number of hydrogen-bond donors (Lipinski definition) is 2. The fraction of sp³-hybridized carbons (Fsp3) is 0.692. The van der Waals surface area contributed by atoms with Crippen LogP contribution in [0.3, 0.4) is 0 Å². The van der Waals surface area contributed by atoms with Crippen molar-refractivity contribution in [3.8, 4) is 0 Å². The lowest BCUT2D eigenvalue weighted by Crippen LogP contribution is -2.61. The first kappa shape index (κ1) is 13.1. The third-order valence-electron chi connectivity index (χ3n) is 4.69. The summed E-state index contributed by atoms with van der Waals surface area (Å²) in [5.74, 6) is -1.40. The maximum absolute atomic E-state index is 12.2. The van der Waals surface area contributed by atoms with Crippen molar-refractivity contribution in [3.63, 3.8) is 0 Å². The molecule has 1 spiro atoms. The Morgan fingerprint density at radius 2 is 2.15 bits per heavy atom.